The molecule has 1 heteroatoms. The van der Waals surface area contributed by atoms with Crippen molar-refractivity contribution in [1.82, 2.24) is 0 Å². The van der Waals surface area contributed by atoms with E-state index < -0.39 is 0 Å². The highest BCUT2D eigenvalue weighted by molar-refractivity contribution is 6.20. The van der Waals surface area contributed by atoms with Gasteiger partial charge in [0.15, 0.2) is 0 Å². The second kappa shape index (κ2) is 6.08. The van der Waals surface area contributed by atoms with E-state index in [1.807, 2.05) is 0 Å². The molecule has 1 atom stereocenters. The molecule has 1 aromatic carbocycles. The molecule has 1 aromatic rings. The van der Waals surface area contributed by atoms with Gasteiger partial charge in [-0.3, -0.25) is 0 Å². The Morgan fingerprint density at radius 2 is 1.79 bits per heavy atom. The molecule has 0 spiro atoms. The lowest BCUT2D eigenvalue weighted by molar-refractivity contribution is 0.676. The van der Waals surface area contributed by atoms with Crippen molar-refractivity contribution in [2.75, 3.05) is 0 Å². The third-order valence-corrected chi connectivity index (χ3v) is 2.91. The van der Waals surface area contributed by atoms with Crippen LogP contribution in [0.2, 0.25) is 0 Å². The van der Waals surface area contributed by atoms with Crippen molar-refractivity contribution in [3.63, 3.8) is 0 Å². The van der Waals surface area contributed by atoms with Gasteiger partial charge in [-0.15, -0.1) is 11.6 Å². The molecule has 0 fully saturated rings. The molecule has 0 heterocycles. The fourth-order valence-corrected chi connectivity index (χ4v) is 1.86. The van der Waals surface area contributed by atoms with Gasteiger partial charge in [-0.25, -0.2) is 0 Å². The van der Waals surface area contributed by atoms with Crippen LogP contribution in [0.25, 0.3) is 0 Å². The van der Waals surface area contributed by atoms with E-state index >= 15 is 0 Å². The molecule has 0 aromatic heterocycles. The van der Waals surface area contributed by atoms with Crippen LogP contribution in [0.3, 0.4) is 0 Å². The standard InChI is InChI=1S/C13H19Cl/c1-3-4-13(14)10-9-12-7-5-11(2)6-8-12/h5-8,13H,3-4,9-10H2,1-2H3. The van der Waals surface area contributed by atoms with Crippen LogP contribution >= 0.6 is 11.6 Å². The predicted octanol–water partition coefficient (Wildman–Crippen LogP) is 4.34. The Balaban J connectivity index is 2.34. The zero-order valence-electron chi connectivity index (χ0n) is 9.09. The molecule has 0 bridgehead atoms. The number of aryl methyl sites for hydroxylation is 2. The van der Waals surface area contributed by atoms with Crippen molar-refractivity contribution in [2.24, 2.45) is 0 Å². The average Bonchev–Trinajstić information content (AvgIpc) is 2.17. The predicted molar refractivity (Wildman–Crippen MR) is 64.0 cm³/mol. The monoisotopic (exact) mass is 210 g/mol. The Bertz CT molecular complexity index is 250. The van der Waals surface area contributed by atoms with Crippen LogP contribution in [0.1, 0.15) is 37.3 Å². The minimum absolute atomic E-state index is 0.348. The summed E-state index contributed by atoms with van der Waals surface area (Å²) >= 11 is 6.16. The Morgan fingerprint density at radius 1 is 1.14 bits per heavy atom. The third kappa shape index (κ3) is 4.15. The molecule has 0 radical (unpaired) electrons. The maximum Gasteiger partial charge on any atom is 0.0339 e. The Hall–Kier alpha value is -0.490. The molecule has 0 saturated carbocycles. The summed E-state index contributed by atoms with van der Waals surface area (Å²) in [5, 5.41) is 0.348. The van der Waals surface area contributed by atoms with E-state index in [9.17, 15) is 0 Å². The molecule has 0 aliphatic rings. The zero-order valence-corrected chi connectivity index (χ0v) is 9.85. The van der Waals surface area contributed by atoms with Gasteiger partial charge in [-0.1, -0.05) is 43.2 Å². The van der Waals surface area contributed by atoms with Gasteiger partial charge in [0.25, 0.3) is 0 Å². The molecular formula is C13H19Cl. The summed E-state index contributed by atoms with van der Waals surface area (Å²) < 4.78 is 0. The van der Waals surface area contributed by atoms with Gasteiger partial charge in [-0.05, 0) is 31.7 Å². The minimum Gasteiger partial charge on any atom is -0.123 e. The molecule has 0 aliphatic carbocycles. The van der Waals surface area contributed by atoms with E-state index in [0.717, 1.165) is 19.3 Å². The zero-order chi connectivity index (χ0) is 10.4. The summed E-state index contributed by atoms with van der Waals surface area (Å²) in [6.45, 7) is 4.30. The van der Waals surface area contributed by atoms with Gasteiger partial charge in [0.1, 0.15) is 0 Å². The first-order chi connectivity index (χ1) is 6.72. The SMILES string of the molecule is CCCC(Cl)CCc1ccc(C)cc1. The van der Waals surface area contributed by atoms with E-state index in [0.29, 0.717) is 5.38 Å². The second-order valence-electron chi connectivity index (χ2n) is 3.91. The van der Waals surface area contributed by atoms with E-state index in [-0.39, 0.29) is 0 Å². The molecule has 0 N–H and O–H groups in total. The van der Waals surface area contributed by atoms with Crippen molar-refractivity contribution in [2.45, 2.75) is 44.9 Å². The van der Waals surface area contributed by atoms with Gasteiger partial charge in [0.05, 0.1) is 0 Å². The van der Waals surface area contributed by atoms with Crippen molar-refractivity contribution >= 4 is 11.6 Å². The quantitative estimate of drug-likeness (QED) is 0.635. The van der Waals surface area contributed by atoms with Crippen molar-refractivity contribution in [3.05, 3.63) is 35.4 Å². The summed E-state index contributed by atoms with van der Waals surface area (Å²) in [4.78, 5) is 0. The van der Waals surface area contributed by atoms with Gasteiger partial charge in [-0.2, -0.15) is 0 Å². The van der Waals surface area contributed by atoms with Crippen molar-refractivity contribution in [1.29, 1.82) is 0 Å². The highest BCUT2D eigenvalue weighted by Gasteiger charge is 2.03. The first-order valence-electron chi connectivity index (χ1n) is 5.42. The van der Waals surface area contributed by atoms with Crippen LogP contribution in [0, 0.1) is 6.92 Å². The third-order valence-electron chi connectivity index (χ3n) is 2.47. The highest BCUT2D eigenvalue weighted by atomic mass is 35.5. The largest absolute Gasteiger partial charge is 0.123 e. The second-order valence-corrected chi connectivity index (χ2v) is 4.53. The first kappa shape index (κ1) is 11.6. The number of alkyl halides is 1. The van der Waals surface area contributed by atoms with Gasteiger partial charge in [0, 0.05) is 5.38 Å². The van der Waals surface area contributed by atoms with E-state index in [4.69, 9.17) is 11.6 Å². The number of hydrogen-bond donors (Lipinski definition) is 0. The molecule has 0 amide bonds. The smallest absolute Gasteiger partial charge is 0.0339 e. The molecule has 0 saturated heterocycles. The van der Waals surface area contributed by atoms with Crippen LogP contribution < -0.4 is 0 Å². The number of benzene rings is 1. The topological polar surface area (TPSA) is 0 Å². The lowest BCUT2D eigenvalue weighted by Gasteiger charge is -2.07. The normalized spacial score (nSPS) is 12.8. The Morgan fingerprint density at radius 3 is 2.36 bits per heavy atom. The average molecular weight is 211 g/mol. The molecule has 1 unspecified atom stereocenters. The number of rotatable bonds is 5. The molecule has 14 heavy (non-hydrogen) atoms. The van der Waals surface area contributed by atoms with Gasteiger partial charge in [0.2, 0.25) is 0 Å². The molecule has 0 aliphatic heterocycles. The van der Waals surface area contributed by atoms with E-state index in [1.54, 1.807) is 0 Å². The van der Waals surface area contributed by atoms with Gasteiger partial charge >= 0.3 is 0 Å². The maximum absolute atomic E-state index is 6.16. The van der Waals surface area contributed by atoms with Crippen molar-refractivity contribution in [3.8, 4) is 0 Å². The summed E-state index contributed by atoms with van der Waals surface area (Å²) in [5.74, 6) is 0. The maximum atomic E-state index is 6.16. The fourth-order valence-electron chi connectivity index (χ4n) is 1.54. The molecular weight excluding hydrogens is 192 g/mol. The summed E-state index contributed by atoms with van der Waals surface area (Å²) in [6.07, 6.45) is 4.52. The van der Waals surface area contributed by atoms with Crippen molar-refractivity contribution < 1.29 is 0 Å². The van der Waals surface area contributed by atoms with E-state index in [1.165, 1.54) is 17.5 Å². The van der Waals surface area contributed by atoms with Crippen LogP contribution in [0.4, 0.5) is 0 Å². The lowest BCUT2D eigenvalue weighted by Crippen LogP contribution is -1.99. The van der Waals surface area contributed by atoms with E-state index in [2.05, 4.69) is 38.1 Å². The molecule has 0 nitrogen and oxygen atoms in total. The van der Waals surface area contributed by atoms with Crippen LogP contribution in [-0.4, -0.2) is 5.38 Å². The van der Waals surface area contributed by atoms with Crippen LogP contribution in [0.5, 0.6) is 0 Å². The van der Waals surface area contributed by atoms with Crippen LogP contribution in [-0.2, 0) is 6.42 Å². The van der Waals surface area contributed by atoms with Gasteiger partial charge < -0.3 is 0 Å². The number of halogens is 1. The Kier molecular flexibility index (Phi) is 5.03. The summed E-state index contributed by atoms with van der Waals surface area (Å²) in [5.41, 5.74) is 2.72. The first-order valence-corrected chi connectivity index (χ1v) is 5.85. The number of hydrogen-bond acceptors (Lipinski definition) is 0. The summed E-state index contributed by atoms with van der Waals surface area (Å²) in [7, 11) is 0. The summed E-state index contributed by atoms with van der Waals surface area (Å²) in [6, 6.07) is 8.73. The lowest BCUT2D eigenvalue weighted by atomic mass is 10.0. The fraction of sp³-hybridized carbons (Fsp3) is 0.538. The highest BCUT2D eigenvalue weighted by Crippen LogP contribution is 2.14. The molecule has 1 rings (SSSR count). The Labute approximate surface area is 92.3 Å². The minimum atomic E-state index is 0.348. The molecule has 78 valence electrons. The van der Waals surface area contributed by atoms with Crippen LogP contribution in [0.15, 0.2) is 24.3 Å².